The van der Waals surface area contributed by atoms with Crippen molar-refractivity contribution in [2.75, 3.05) is 0 Å². The summed E-state index contributed by atoms with van der Waals surface area (Å²) in [5.41, 5.74) is 4.42. The molecule has 0 bridgehead atoms. The molecule has 0 radical (unpaired) electrons. The van der Waals surface area contributed by atoms with Crippen molar-refractivity contribution in [1.82, 2.24) is 4.72 Å². The average Bonchev–Trinajstić information content (AvgIpc) is 2.47. The van der Waals surface area contributed by atoms with Crippen molar-refractivity contribution in [3.05, 3.63) is 41.3 Å². The third-order valence-corrected chi connectivity index (χ3v) is 4.55. The second kappa shape index (κ2) is 8.69. The molecule has 0 saturated heterocycles. The lowest BCUT2D eigenvalue weighted by Gasteiger charge is -2.25. The molecular weight excluding hydrogens is 340 g/mol. The molecule has 2 amide bonds. The zero-order chi connectivity index (χ0) is 16.8. The summed E-state index contributed by atoms with van der Waals surface area (Å²) < 4.78 is 25.8. The first kappa shape index (κ1) is 21.1. The van der Waals surface area contributed by atoms with Gasteiger partial charge in [-0.05, 0) is 24.5 Å². The molecule has 0 heterocycles. The Labute approximate surface area is 142 Å². The van der Waals surface area contributed by atoms with Crippen molar-refractivity contribution in [3.8, 4) is 0 Å². The lowest BCUT2D eigenvalue weighted by atomic mass is 9.81. The van der Waals surface area contributed by atoms with E-state index in [0.29, 0.717) is 5.56 Å². The van der Waals surface area contributed by atoms with Gasteiger partial charge in [0.05, 0.1) is 5.41 Å². The molecule has 1 aromatic rings. The molecule has 23 heavy (non-hydrogen) atoms. The number of carbonyl (C=O) groups excluding carboxylic acids is 2. The number of carbonyl (C=O) groups is 2. The second-order valence-corrected chi connectivity index (χ2v) is 6.41. The lowest BCUT2D eigenvalue weighted by Crippen LogP contribution is -2.50. The number of primary amides is 1. The molecule has 0 saturated carbocycles. The van der Waals surface area contributed by atoms with Gasteiger partial charge in [0.2, 0.25) is 11.8 Å². The van der Waals surface area contributed by atoms with Crippen molar-refractivity contribution in [1.29, 1.82) is 0 Å². The van der Waals surface area contributed by atoms with Crippen molar-refractivity contribution in [3.63, 3.8) is 0 Å². The number of sulfonamides is 1. The van der Waals surface area contributed by atoms with E-state index < -0.39 is 27.3 Å². The van der Waals surface area contributed by atoms with E-state index in [0.717, 1.165) is 5.41 Å². The SMILES string of the molecule is CCC(CC)(C(N)=O)C(=O)NS(=O)(=O)C=Cc1ccccc1.Cl. The number of nitrogens with two attached hydrogens (primary N) is 1. The van der Waals surface area contributed by atoms with Crippen molar-refractivity contribution < 1.29 is 18.0 Å². The van der Waals surface area contributed by atoms with Crippen LogP contribution in [0, 0.1) is 5.41 Å². The average molecular weight is 361 g/mol. The molecule has 8 heteroatoms. The lowest BCUT2D eigenvalue weighted by molar-refractivity contribution is -0.141. The highest BCUT2D eigenvalue weighted by atomic mass is 35.5. The first-order valence-electron chi connectivity index (χ1n) is 6.87. The Bertz CT molecular complexity index is 668. The number of amides is 2. The minimum Gasteiger partial charge on any atom is -0.369 e. The maximum Gasteiger partial charge on any atom is 0.257 e. The van der Waals surface area contributed by atoms with Crippen molar-refractivity contribution in [2.24, 2.45) is 11.1 Å². The zero-order valence-electron chi connectivity index (χ0n) is 13.0. The number of hydrogen-bond acceptors (Lipinski definition) is 4. The van der Waals surface area contributed by atoms with Gasteiger partial charge in [-0.1, -0.05) is 44.2 Å². The molecule has 3 N–H and O–H groups in total. The van der Waals surface area contributed by atoms with Crippen molar-refractivity contribution >= 4 is 40.3 Å². The summed E-state index contributed by atoms with van der Waals surface area (Å²) in [4.78, 5) is 23.7. The summed E-state index contributed by atoms with van der Waals surface area (Å²) >= 11 is 0. The molecule has 128 valence electrons. The fourth-order valence-corrected chi connectivity index (χ4v) is 2.88. The van der Waals surface area contributed by atoms with Crippen LogP contribution in [0.2, 0.25) is 0 Å². The monoisotopic (exact) mass is 360 g/mol. The van der Waals surface area contributed by atoms with E-state index in [4.69, 9.17) is 5.73 Å². The van der Waals surface area contributed by atoms with E-state index in [2.05, 4.69) is 0 Å². The summed E-state index contributed by atoms with van der Waals surface area (Å²) in [7, 11) is -4.00. The molecule has 0 aliphatic rings. The van der Waals surface area contributed by atoms with Crippen molar-refractivity contribution in [2.45, 2.75) is 26.7 Å². The van der Waals surface area contributed by atoms with E-state index in [-0.39, 0.29) is 25.2 Å². The molecule has 0 aromatic heterocycles. The normalized spacial score (nSPS) is 11.7. The highest BCUT2D eigenvalue weighted by molar-refractivity contribution is 7.93. The molecule has 6 nitrogen and oxygen atoms in total. The van der Waals surface area contributed by atoms with Crippen LogP contribution in [0.5, 0.6) is 0 Å². The number of hydrogen-bond donors (Lipinski definition) is 2. The van der Waals surface area contributed by atoms with Crippen LogP contribution in [0.1, 0.15) is 32.3 Å². The summed E-state index contributed by atoms with van der Waals surface area (Å²) in [5.74, 6) is -1.74. The third-order valence-electron chi connectivity index (χ3n) is 3.59. The Kier molecular flexibility index (Phi) is 7.99. The van der Waals surface area contributed by atoms with Gasteiger partial charge < -0.3 is 5.73 Å². The second-order valence-electron chi connectivity index (χ2n) is 4.84. The Morgan fingerprint density at radius 1 is 1.17 bits per heavy atom. The van der Waals surface area contributed by atoms with Gasteiger partial charge in [-0.3, -0.25) is 9.59 Å². The van der Waals surface area contributed by atoms with Crippen LogP contribution >= 0.6 is 12.4 Å². The molecular formula is C15H21ClN2O4S. The molecule has 1 aromatic carbocycles. The van der Waals surface area contributed by atoms with Crippen LogP contribution in [-0.4, -0.2) is 20.2 Å². The molecule has 0 unspecified atom stereocenters. The van der Waals surface area contributed by atoms with Crippen LogP contribution < -0.4 is 10.5 Å². The maximum absolute atomic E-state index is 12.2. The quantitative estimate of drug-likeness (QED) is 0.723. The van der Waals surface area contributed by atoms with E-state index >= 15 is 0 Å². The highest BCUT2D eigenvalue weighted by Gasteiger charge is 2.42. The Hall–Kier alpha value is -1.86. The van der Waals surface area contributed by atoms with Gasteiger partial charge in [0.15, 0.2) is 0 Å². The van der Waals surface area contributed by atoms with E-state index in [9.17, 15) is 18.0 Å². The van der Waals surface area contributed by atoms with Gasteiger partial charge in [0, 0.05) is 0 Å². The van der Waals surface area contributed by atoms with Gasteiger partial charge in [-0.15, -0.1) is 12.4 Å². The van der Waals surface area contributed by atoms with Crippen LogP contribution in [0.15, 0.2) is 35.7 Å². The van der Waals surface area contributed by atoms with Gasteiger partial charge in [0.1, 0.15) is 5.41 Å². The molecule has 0 atom stereocenters. The van der Waals surface area contributed by atoms with Gasteiger partial charge >= 0.3 is 0 Å². The molecule has 0 aliphatic carbocycles. The first-order chi connectivity index (χ1) is 10.3. The predicted molar refractivity (Wildman–Crippen MR) is 92.0 cm³/mol. The third kappa shape index (κ3) is 5.37. The van der Waals surface area contributed by atoms with Gasteiger partial charge in [-0.2, -0.15) is 0 Å². The first-order valence-corrected chi connectivity index (χ1v) is 8.42. The topological polar surface area (TPSA) is 106 Å². The van der Waals surface area contributed by atoms with Gasteiger partial charge in [-0.25, -0.2) is 13.1 Å². The van der Waals surface area contributed by atoms with Crippen LogP contribution in [0.25, 0.3) is 6.08 Å². The maximum atomic E-state index is 12.2. The van der Waals surface area contributed by atoms with Crippen LogP contribution in [0.4, 0.5) is 0 Å². The predicted octanol–water partition coefficient (Wildman–Crippen LogP) is 1.82. The Balaban J connectivity index is 0.00000484. The fourth-order valence-electron chi connectivity index (χ4n) is 2.02. The number of benzene rings is 1. The fraction of sp³-hybridized carbons (Fsp3) is 0.333. The summed E-state index contributed by atoms with van der Waals surface area (Å²) in [6.07, 6.45) is 1.62. The van der Waals surface area contributed by atoms with Crippen LogP contribution in [-0.2, 0) is 19.6 Å². The number of nitrogens with one attached hydrogen (secondary N) is 1. The van der Waals surface area contributed by atoms with E-state index in [1.165, 1.54) is 6.08 Å². The summed E-state index contributed by atoms with van der Waals surface area (Å²) in [5, 5.41) is 0.886. The van der Waals surface area contributed by atoms with E-state index in [1.807, 2.05) is 4.72 Å². The van der Waals surface area contributed by atoms with Crippen LogP contribution in [0.3, 0.4) is 0 Å². The minimum atomic E-state index is -4.00. The smallest absolute Gasteiger partial charge is 0.257 e. The summed E-state index contributed by atoms with van der Waals surface area (Å²) in [6.45, 7) is 3.22. The zero-order valence-corrected chi connectivity index (χ0v) is 14.6. The molecule has 0 fully saturated rings. The van der Waals surface area contributed by atoms with Gasteiger partial charge in [0.25, 0.3) is 10.0 Å². The largest absolute Gasteiger partial charge is 0.369 e. The molecule has 1 rings (SSSR count). The standard InChI is InChI=1S/C15H20N2O4S.ClH/c1-3-15(4-2,13(16)18)14(19)17-22(20,21)11-10-12-8-6-5-7-9-12;/h5-11H,3-4H2,1-2H3,(H2,16,18)(H,17,19);1H. The summed E-state index contributed by atoms with van der Waals surface area (Å²) in [6, 6.07) is 8.77. The number of rotatable bonds is 7. The highest BCUT2D eigenvalue weighted by Crippen LogP contribution is 2.26. The Morgan fingerprint density at radius 2 is 1.70 bits per heavy atom. The molecule has 0 aliphatic heterocycles. The minimum absolute atomic E-state index is 0. The molecule has 0 spiro atoms. The Morgan fingerprint density at radius 3 is 2.13 bits per heavy atom. The van der Waals surface area contributed by atoms with E-state index in [1.54, 1.807) is 44.2 Å². The number of halogens is 1.